The lowest BCUT2D eigenvalue weighted by atomic mass is 9.93. The minimum atomic E-state index is 0.189. The second-order valence-corrected chi connectivity index (χ2v) is 4.29. The van der Waals surface area contributed by atoms with E-state index in [4.69, 9.17) is 10.4 Å². The molecule has 1 aliphatic heterocycles. The van der Waals surface area contributed by atoms with Gasteiger partial charge in [-0.15, -0.1) is 0 Å². The summed E-state index contributed by atoms with van der Waals surface area (Å²) in [6.45, 7) is 2.06. The highest BCUT2D eigenvalue weighted by Gasteiger charge is 2.32. The molecule has 0 aromatic heterocycles. The first-order valence-electron chi connectivity index (χ1n) is 5.62. The first-order valence-corrected chi connectivity index (χ1v) is 5.62. The molecule has 2 rings (SSSR count). The van der Waals surface area contributed by atoms with Crippen LogP contribution < -0.4 is 0 Å². The fourth-order valence-electron chi connectivity index (χ4n) is 2.20. The monoisotopic (exact) mass is 216 g/mol. The molecule has 1 unspecified atom stereocenters. The van der Waals surface area contributed by atoms with Crippen LogP contribution in [0, 0.1) is 17.2 Å². The number of nitriles is 1. The number of aliphatic hydroxyl groups is 1. The van der Waals surface area contributed by atoms with Gasteiger partial charge in [0.2, 0.25) is 0 Å². The quantitative estimate of drug-likeness (QED) is 0.831. The summed E-state index contributed by atoms with van der Waals surface area (Å²) in [5.74, 6) is 0.393. The average Bonchev–Trinajstić information content (AvgIpc) is 2.28. The van der Waals surface area contributed by atoms with Crippen LogP contribution in [0.15, 0.2) is 30.3 Å². The molecule has 0 radical (unpaired) electrons. The molecule has 1 aliphatic rings. The molecule has 0 spiro atoms. The smallest absolute Gasteiger partial charge is 0.0641 e. The van der Waals surface area contributed by atoms with Gasteiger partial charge in [-0.2, -0.15) is 5.26 Å². The second kappa shape index (κ2) is 5.11. The summed E-state index contributed by atoms with van der Waals surface area (Å²) in [7, 11) is 0. The van der Waals surface area contributed by atoms with Gasteiger partial charge in [0.1, 0.15) is 0 Å². The summed E-state index contributed by atoms with van der Waals surface area (Å²) in [6.07, 6.45) is 0.516. The van der Waals surface area contributed by atoms with Crippen molar-refractivity contribution >= 4 is 0 Å². The van der Waals surface area contributed by atoms with Gasteiger partial charge in [-0.05, 0) is 5.56 Å². The van der Waals surface area contributed by atoms with Gasteiger partial charge in [0.05, 0.1) is 12.5 Å². The Balaban J connectivity index is 2.05. The van der Waals surface area contributed by atoms with Crippen LogP contribution in [-0.2, 0) is 0 Å². The molecule has 1 aromatic rings. The molecule has 1 fully saturated rings. The minimum Gasteiger partial charge on any atom is -0.396 e. The first kappa shape index (κ1) is 11.1. The number of rotatable bonds is 4. The summed E-state index contributed by atoms with van der Waals surface area (Å²) in [5.41, 5.74) is 1.19. The third kappa shape index (κ3) is 2.24. The Labute approximate surface area is 95.9 Å². The third-order valence-electron chi connectivity index (χ3n) is 3.15. The van der Waals surface area contributed by atoms with Crippen LogP contribution >= 0.6 is 0 Å². The van der Waals surface area contributed by atoms with Crippen molar-refractivity contribution in [2.75, 3.05) is 19.7 Å². The molecule has 3 heteroatoms. The summed E-state index contributed by atoms with van der Waals surface area (Å²) < 4.78 is 0. The van der Waals surface area contributed by atoms with Crippen LogP contribution in [-0.4, -0.2) is 29.7 Å². The zero-order valence-corrected chi connectivity index (χ0v) is 9.21. The van der Waals surface area contributed by atoms with Crippen molar-refractivity contribution in [2.24, 2.45) is 5.92 Å². The van der Waals surface area contributed by atoms with Crippen LogP contribution in [0.5, 0.6) is 0 Å². The van der Waals surface area contributed by atoms with Gasteiger partial charge in [0, 0.05) is 31.7 Å². The number of benzene rings is 1. The van der Waals surface area contributed by atoms with Gasteiger partial charge in [-0.25, -0.2) is 0 Å². The van der Waals surface area contributed by atoms with Gasteiger partial charge < -0.3 is 5.11 Å². The topological polar surface area (TPSA) is 47.3 Å². The van der Waals surface area contributed by atoms with E-state index in [-0.39, 0.29) is 12.6 Å². The molecule has 0 bridgehead atoms. The van der Waals surface area contributed by atoms with Crippen molar-refractivity contribution in [2.45, 2.75) is 12.5 Å². The average molecular weight is 216 g/mol. The Bertz CT molecular complexity index is 365. The summed E-state index contributed by atoms with van der Waals surface area (Å²) in [6, 6.07) is 12.6. The van der Waals surface area contributed by atoms with Crippen LogP contribution in [0.2, 0.25) is 0 Å². The van der Waals surface area contributed by atoms with E-state index in [0.717, 1.165) is 13.1 Å². The number of hydrogen-bond donors (Lipinski definition) is 1. The molecule has 1 saturated heterocycles. The van der Waals surface area contributed by atoms with E-state index < -0.39 is 0 Å². The summed E-state index contributed by atoms with van der Waals surface area (Å²) in [5, 5.41) is 17.9. The Morgan fingerprint density at radius 1 is 1.38 bits per heavy atom. The number of likely N-dealkylation sites (tertiary alicyclic amines) is 1. The van der Waals surface area contributed by atoms with E-state index in [1.807, 2.05) is 18.2 Å². The van der Waals surface area contributed by atoms with Gasteiger partial charge in [-0.1, -0.05) is 30.3 Å². The number of aliphatic hydroxyl groups excluding tert-OH is 1. The van der Waals surface area contributed by atoms with Crippen molar-refractivity contribution in [1.29, 1.82) is 5.26 Å². The van der Waals surface area contributed by atoms with Crippen LogP contribution in [0.3, 0.4) is 0 Å². The standard InChI is InChI=1S/C13H16N2O/c14-7-6-13(12-4-2-1-3-5-12)15-8-11(9-15)10-16/h1-5,11,13,16H,6,8-10H2. The molecule has 1 atom stereocenters. The fraction of sp³-hybridized carbons (Fsp3) is 0.462. The largest absolute Gasteiger partial charge is 0.396 e. The molecular weight excluding hydrogens is 200 g/mol. The maximum absolute atomic E-state index is 8.99. The highest BCUT2D eigenvalue weighted by Crippen LogP contribution is 2.30. The van der Waals surface area contributed by atoms with Gasteiger partial charge in [0.15, 0.2) is 0 Å². The maximum atomic E-state index is 8.99. The SMILES string of the molecule is N#CCC(c1ccccc1)N1CC(CO)C1. The second-order valence-electron chi connectivity index (χ2n) is 4.29. The highest BCUT2D eigenvalue weighted by molar-refractivity contribution is 5.20. The first-order chi connectivity index (χ1) is 7.85. The molecule has 3 nitrogen and oxygen atoms in total. The maximum Gasteiger partial charge on any atom is 0.0641 e. The zero-order chi connectivity index (χ0) is 11.4. The zero-order valence-electron chi connectivity index (χ0n) is 9.21. The molecule has 0 amide bonds. The molecule has 84 valence electrons. The van der Waals surface area contributed by atoms with Crippen molar-refractivity contribution in [1.82, 2.24) is 4.90 Å². The molecule has 1 heterocycles. The highest BCUT2D eigenvalue weighted by atomic mass is 16.3. The molecular formula is C13H16N2O. The summed E-state index contributed by atoms with van der Waals surface area (Å²) >= 11 is 0. The van der Waals surface area contributed by atoms with Crippen LogP contribution in [0.4, 0.5) is 0 Å². The van der Waals surface area contributed by atoms with Crippen LogP contribution in [0.1, 0.15) is 18.0 Å². The summed E-state index contributed by atoms with van der Waals surface area (Å²) in [4.78, 5) is 2.26. The Kier molecular flexibility index (Phi) is 3.55. The van der Waals surface area contributed by atoms with E-state index in [2.05, 4.69) is 23.1 Å². The lowest BCUT2D eigenvalue weighted by Gasteiger charge is -2.43. The van der Waals surface area contributed by atoms with Crippen molar-refractivity contribution < 1.29 is 5.11 Å². The molecule has 16 heavy (non-hydrogen) atoms. The lowest BCUT2D eigenvalue weighted by Crippen LogP contribution is -2.49. The number of hydrogen-bond acceptors (Lipinski definition) is 3. The predicted molar refractivity (Wildman–Crippen MR) is 61.6 cm³/mol. The molecule has 0 saturated carbocycles. The van der Waals surface area contributed by atoms with Gasteiger partial charge in [-0.3, -0.25) is 4.90 Å². The molecule has 1 aromatic carbocycles. The van der Waals surface area contributed by atoms with E-state index in [9.17, 15) is 0 Å². The predicted octanol–water partition coefficient (Wildman–Crippen LogP) is 1.57. The number of nitrogens with zero attached hydrogens (tertiary/aromatic N) is 2. The minimum absolute atomic E-state index is 0.189. The fourth-order valence-corrected chi connectivity index (χ4v) is 2.20. The van der Waals surface area contributed by atoms with E-state index in [0.29, 0.717) is 12.3 Å². The van der Waals surface area contributed by atoms with Crippen molar-refractivity contribution in [3.8, 4) is 6.07 Å². The van der Waals surface area contributed by atoms with Crippen LogP contribution in [0.25, 0.3) is 0 Å². The molecule has 1 N–H and O–H groups in total. The third-order valence-corrected chi connectivity index (χ3v) is 3.15. The Hall–Kier alpha value is -1.37. The van der Waals surface area contributed by atoms with Crippen molar-refractivity contribution in [3.63, 3.8) is 0 Å². The van der Waals surface area contributed by atoms with Gasteiger partial charge >= 0.3 is 0 Å². The van der Waals surface area contributed by atoms with Gasteiger partial charge in [0.25, 0.3) is 0 Å². The van der Waals surface area contributed by atoms with E-state index in [1.54, 1.807) is 0 Å². The Morgan fingerprint density at radius 3 is 2.62 bits per heavy atom. The van der Waals surface area contributed by atoms with E-state index >= 15 is 0 Å². The normalized spacial score (nSPS) is 18.8. The van der Waals surface area contributed by atoms with E-state index in [1.165, 1.54) is 5.56 Å². The Morgan fingerprint density at radius 2 is 2.06 bits per heavy atom. The molecule has 0 aliphatic carbocycles. The lowest BCUT2D eigenvalue weighted by molar-refractivity contribution is 0.0200. The van der Waals surface area contributed by atoms with Crippen molar-refractivity contribution in [3.05, 3.63) is 35.9 Å².